The largest absolute Gasteiger partial charge is 0.337 e. The van der Waals surface area contributed by atoms with Crippen molar-refractivity contribution in [3.05, 3.63) is 41.5 Å². The molecule has 0 N–H and O–H groups in total. The SMILES string of the molecule is Cc1cnc(C(=O)N2CCC(Cn3c(C)cnc3C)CC2)cn1. The Bertz CT molecular complexity index is 664. The topological polar surface area (TPSA) is 63.9 Å². The molecule has 0 atom stereocenters. The second kappa shape index (κ2) is 6.48. The van der Waals surface area contributed by atoms with Crippen LogP contribution in [-0.4, -0.2) is 43.4 Å². The maximum atomic E-state index is 12.5. The van der Waals surface area contributed by atoms with Crippen molar-refractivity contribution < 1.29 is 4.79 Å². The third-order valence-electron chi connectivity index (χ3n) is 4.60. The standard InChI is InChI=1S/C17H23N5O/c1-12-8-20-16(10-18-12)17(23)21-6-4-15(5-7-21)11-22-13(2)9-19-14(22)3/h8-10,15H,4-7,11H2,1-3H3. The molecule has 6 heteroatoms. The lowest BCUT2D eigenvalue weighted by molar-refractivity contribution is 0.0676. The molecular formula is C17H23N5O. The van der Waals surface area contributed by atoms with Crippen molar-refractivity contribution in [3.63, 3.8) is 0 Å². The summed E-state index contributed by atoms with van der Waals surface area (Å²) < 4.78 is 2.27. The molecule has 1 aliphatic heterocycles. The van der Waals surface area contributed by atoms with Gasteiger partial charge >= 0.3 is 0 Å². The molecule has 0 saturated carbocycles. The Morgan fingerprint density at radius 1 is 1.09 bits per heavy atom. The third-order valence-corrected chi connectivity index (χ3v) is 4.60. The first kappa shape index (κ1) is 15.6. The molecule has 0 unspecified atom stereocenters. The Morgan fingerprint density at radius 2 is 1.83 bits per heavy atom. The number of nitrogens with zero attached hydrogens (tertiary/aromatic N) is 5. The van der Waals surface area contributed by atoms with E-state index in [2.05, 4.69) is 26.4 Å². The minimum absolute atomic E-state index is 0.00839. The average Bonchev–Trinajstić information content (AvgIpc) is 2.87. The van der Waals surface area contributed by atoms with Crippen LogP contribution >= 0.6 is 0 Å². The van der Waals surface area contributed by atoms with Gasteiger partial charge in [-0.15, -0.1) is 0 Å². The molecule has 1 fully saturated rings. The van der Waals surface area contributed by atoms with Gasteiger partial charge in [0, 0.05) is 37.7 Å². The van der Waals surface area contributed by atoms with E-state index in [0.717, 1.165) is 44.0 Å². The predicted octanol–water partition coefficient (Wildman–Crippen LogP) is 2.15. The Balaban J connectivity index is 1.58. The number of carbonyl (C=O) groups is 1. The summed E-state index contributed by atoms with van der Waals surface area (Å²) in [4.78, 5) is 27.0. The van der Waals surface area contributed by atoms with E-state index in [-0.39, 0.29) is 5.91 Å². The first-order valence-corrected chi connectivity index (χ1v) is 8.11. The number of carbonyl (C=O) groups excluding carboxylic acids is 1. The molecule has 3 rings (SSSR count). The highest BCUT2D eigenvalue weighted by molar-refractivity contribution is 5.92. The molecule has 0 bridgehead atoms. The van der Waals surface area contributed by atoms with Crippen LogP contribution in [0.25, 0.3) is 0 Å². The van der Waals surface area contributed by atoms with E-state index in [1.54, 1.807) is 12.4 Å². The third kappa shape index (κ3) is 3.41. The van der Waals surface area contributed by atoms with Gasteiger partial charge in [0.2, 0.25) is 0 Å². The Kier molecular flexibility index (Phi) is 4.41. The van der Waals surface area contributed by atoms with Crippen LogP contribution < -0.4 is 0 Å². The molecule has 6 nitrogen and oxygen atoms in total. The summed E-state index contributed by atoms with van der Waals surface area (Å²) in [6.07, 6.45) is 7.17. The van der Waals surface area contributed by atoms with Gasteiger partial charge in [0.25, 0.3) is 5.91 Å². The minimum Gasteiger partial charge on any atom is -0.337 e. The van der Waals surface area contributed by atoms with Crippen LogP contribution in [0.3, 0.4) is 0 Å². The predicted molar refractivity (Wildman–Crippen MR) is 87.1 cm³/mol. The average molecular weight is 313 g/mol. The molecule has 0 spiro atoms. The molecule has 1 saturated heterocycles. The summed E-state index contributed by atoms with van der Waals surface area (Å²) in [6.45, 7) is 8.56. The summed E-state index contributed by atoms with van der Waals surface area (Å²) in [5.41, 5.74) is 2.47. The van der Waals surface area contributed by atoms with E-state index in [9.17, 15) is 4.79 Å². The second-order valence-corrected chi connectivity index (χ2v) is 6.34. The lowest BCUT2D eigenvalue weighted by atomic mass is 9.96. The van der Waals surface area contributed by atoms with E-state index in [1.165, 1.54) is 5.69 Å². The Hall–Kier alpha value is -2.24. The molecule has 2 aromatic heterocycles. The number of aryl methyl sites for hydroxylation is 3. The summed E-state index contributed by atoms with van der Waals surface area (Å²) in [6, 6.07) is 0. The van der Waals surface area contributed by atoms with E-state index < -0.39 is 0 Å². The molecule has 2 aromatic rings. The first-order valence-electron chi connectivity index (χ1n) is 8.11. The molecular weight excluding hydrogens is 290 g/mol. The smallest absolute Gasteiger partial charge is 0.274 e. The van der Waals surface area contributed by atoms with Gasteiger partial charge in [-0.3, -0.25) is 9.78 Å². The highest BCUT2D eigenvalue weighted by atomic mass is 16.2. The molecule has 3 heterocycles. The molecule has 1 amide bonds. The van der Waals surface area contributed by atoms with Gasteiger partial charge in [0.05, 0.1) is 11.9 Å². The fourth-order valence-electron chi connectivity index (χ4n) is 3.10. The lowest BCUT2D eigenvalue weighted by Crippen LogP contribution is -2.39. The van der Waals surface area contributed by atoms with Crippen molar-refractivity contribution in [2.45, 2.75) is 40.2 Å². The van der Waals surface area contributed by atoms with E-state index in [0.29, 0.717) is 11.6 Å². The number of piperidine rings is 1. The second-order valence-electron chi connectivity index (χ2n) is 6.34. The van der Waals surface area contributed by atoms with Crippen LogP contribution in [0.5, 0.6) is 0 Å². The monoisotopic (exact) mass is 313 g/mol. The van der Waals surface area contributed by atoms with Crippen LogP contribution in [0.15, 0.2) is 18.6 Å². The van der Waals surface area contributed by atoms with Crippen LogP contribution in [0, 0.1) is 26.7 Å². The van der Waals surface area contributed by atoms with Crippen molar-refractivity contribution in [2.75, 3.05) is 13.1 Å². The highest BCUT2D eigenvalue weighted by Gasteiger charge is 2.25. The number of amides is 1. The van der Waals surface area contributed by atoms with Crippen LogP contribution in [0.2, 0.25) is 0 Å². The van der Waals surface area contributed by atoms with Gasteiger partial charge in [0.15, 0.2) is 0 Å². The zero-order valence-electron chi connectivity index (χ0n) is 14.0. The molecule has 0 aromatic carbocycles. The Labute approximate surface area is 136 Å². The highest BCUT2D eigenvalue weighted by Crippen LogP contribution is 2.21. The first-order chi connectivity index (χ1) is 11.0. The van der Waals surface area contributed by atoms with Crippen molar-refractivity contribution in [1.29, 1.82) is 0 Å². The van der Waals surface area contributed by atoms with Crippen molar-refractivity contribution >= 4 is 5.91 Å². The molecule has 1 aliphatic rings. The summed E-state index contributed by atoms with van der Waals surface area (Å²) in [7, 11) is 0. The normalized spacial score (nSPS) is 15.9. The minimum atomic E-state index is -0.00839. The maximum absolute atomic E-state index is 12.5. The van der Waals surface area contributed by atoms with Crippen molar-refractivity contribution in [3.8, 4) is 0 Å². The van der Waals surface area contributed by atoms with Crippen LogP contribution in [0.4, 0.5) is 0 Å². The van der Waals surface area contributed by atoms with Gasteiger partial charge in [-0.05, 0) is 39.5 Å². The number of aromatic nitrogens is 4. The molecule has 122 valence electrons. The summed E-state index contributed by atoms with van der Waals surface area (Å²) in [5, 5.41) is 0. The van der Waals surface area contributed by atoms with E-state index in [4.69, 9.17) is 0 Å². The number of hydrogen-bond donors (Lipinski definition) is 0. The Morgan fingerprint density at radius 3 is 2.39 bits per heavy atom. The van der Waals surface area contributed by atoms with E-state index in [1.807, 2.05) is 24.9 Å². The lowest BCUT2D eigenvalue weighted by Gasteiger charge is -2.32. The quantitative estimate of drug-likeness (QED) is 0.871. The maximum Gasteiger partial charge on any atom is 0.274 e. The van der Waals surface area contributed by atoms with Crippen molar-refractivity contribution in [1.82, 2.24) is 24.4 Å². The van der Waals surface area contributed by atoms with Gasteiger partial charge in [-0.1, -0.05) is 0 Å². The molecule has 0 radical (unpaired) electrons. The van der Waals surface area contributed by atoms with Gasteiger partial charge in [0.1, 0.15) is 11.5 Å². The number of likely N-dealkylation sites (tertiary alicyclic amines) is 1. The fourth-order valence-corrected chi connectivity index (χ4v) is 3.10. The van der Waals surface area contributed by atoms with Gasteiger partial charge in [-0.2, -0.15) is 0 Å². The summed E-state index contributed by atoms with van der Waals surface area (Å²) >= 11 is 0. The van der Waals surface area contributed by atoms with Crippen molar-refractivity contribution in [2.24, 2.45) is 5.92 Å². The molecule has 0 aliphatic carbocycles. The van der Waals surface area contributed by atoms with E-state index >= 15 is 0 Å². The van der Waals surface area contributed by atoms with Crippen LogP contribution in [0.1, 0.15) is 40.5 Å². The zero-order chi connectivity index (χ0) is 16.4. The summed E-state index contributed by atoms with van der Waals surface area (Å²) in [5.74, 6) is 1.65. The fraction of sp³-hybridized carbons (Fsp3) is 0.529. The van der Waals surface area contributed by atoms with Gasteiger partial charge in [-0.25, -0.2) is 9.97 Å². The number of imidazole rings is 1. The number of rotatable bonds is 3. The molecule has 23 heavy (non-hydrogen) atoms. The van der Waals surface area contributed by atoms with Crippen LogP contribution in [-0.2, 0) is 6.54 Å². The zero-order valence-corrected chi connectivity index (χ0v) is 14.0. The number of hydrogen-bond acceptors (Lipinski definition) is 4. The van der Waals surface area contributed by atoms with Gasteiger partial charge < -0.3 is 9.47 Å².